The van der Waals surface area contributed by atoms with Crippen molar-refractivity contribution in [2.45, 2.75) is 26.8 Å². The Morgan fingerprint density at radius 3 is 2.03 bits per heavy atom. The van der Waals surface area contributed by atoms with Crippen LogP contribution in [0, 0.1) is 13.8 Å². The van der Waals surface area contributed by atoms with Gasteiger partial charge in [0.25, 0.3) is 0 Å². The second-order valence-corrected chi connectivity index (χ2v) is 9.95. The van der Waals surface area contributed by atoms with Crippen molar-refractivity contribution < 1.29 is 17.9 Å². The average molecular weight is 446 g/mol. The Labute approximate surface area is 185 Å². The van der Waals surface area contributed by atoms with Gasteiger partial charge in [-0.15, -0.1) is 0 Å². The van der Waals surface area contributed by atoms with E-state index in [1.807, 2.05) is 44.2 Å². The molecule has 2 aromatic carbocycles. The van der Waals surface area contributed by atoms with Gasteiger partial charge < -0.3 is 14.5 Å². The van der Waals surface area contributed by atoms with E-state index in [1.165, 1.54) is 4.31 Å². The van der Waals surface area contributed by atoms with Crippen LogP contribution in [0.2, 0.25) is 0 Å². The quantitative estimate of drug-likeness (QED) is 0.684. The minimum absolute atomic E-state index is 0.182. The zero-order valence-corrected chi connectivity index (χ0v) is 19.6. The number of nitrogens with zero attached hydrogens (tertiary/aromatic N) is 3. The van der Waals surface area contributed by atoms with Gasteiger partial charge in [0, 0.05) is 31.9 Å². The van der Waals surface area contributed by atoms with Gasteiger partial charge in [-0.1, -0.05) is 6.07 Å². The van der Waals surface area contributed by atoms with Gasteiger partial charge in [-0.2, -0.15) is 0 Å². The summed E-state index contributed by atoms with van der Waals surface area (Å²) in [5.41, 5.74) is 3.51. The zero-order chi connectivity index (χ0) is 22.8. The number of hydrogen-bond acceptors (Lipinski definition) is 5. The number of amides is 1. The molecule has 0 saturated carbocycles. The van der Waals surface area contributed by atoms with E-state index in [0.717, 1.165) is 28.8 Å². The maximum atomic E-state index is 13.2. The second kappa shape index (κ2) is 9.18. The Kier molecular flexibility index (Phi) is 6.79. The van der Waals surface area contributed by atoms with E-state index in [0.29, 0.717) is 31.9 Å². The smallest absolute Gasteiger partial charge is 0.246 e. The van der Waals surface area contributed by atoms with Crippen LogP contribution in [0.1, 0.15) is 18.1 Å². The fourth-order valence-electron chi connectivity index (χ4n) is 4.12. The van der Waals surface area contributed by atoms with E-state index >= 15 is 0 Å². The first-order valence-electron chi connectivity index (χ1n) is 10.4. The molecule has 1 saturated heterocycles. The van der Waals surface area contributed by atoms with Crippen molar-refractivity contribution in [1.29, 1.82) is 0 Å². The van der Waals surface area contributed by atoms with Crippen LogP contribution in [0.25, 0.3) is 0 Å². The minimum Gasteiger partial charge on any atom is -0.497 e. The summed E-state index contributed by atoms with van der Waals surface area (Å²) >= 11 is 0. The monoisotopic (exact) mass is 445 g/mol. The molecular weight excluding hydrogens is 414 g/mol. The number of piperazine rings is 1. The van der Waals surface area contributed by atoms with Gasteiger partial charge in [-0.05, 0) is 68.3 Å². The largest absolute Gasteiger partial charge is 0.497 e. The van der Waals surface area contributed by atoms with Crippen molar-refractivity contribution in [3.8, 4) is 5.75 Å². The third-order valence-corrected chi connectivity index (χ3v) is 6.80. The molecule has 168 valence electrons. The normalized spacial score (nSPS) is 15.5. The van der Waals surface area contributed by atoms with Gasteiger partial charge >= 0.3 is 0 Å². The molecule has 0 radical (unpaired) electrons. The van der Waals surface area contributed by atoms with Crippen LogP contribution >= 0.6 is 0 Å². The van der Waals surface area contributed by atoms with E-state index in [4.69, 9.17) is 4.74 Å². The summed E-state index contributed by atoms with van der Waals surface area (Å²) in [6, 6.07) is 12.6. The van der Waals surface area contributed by atoms with Gasteiger partial charge in [0.15, 0.2) is 0 Å². The van der Waals surface area contributed by atoms with E-state index < -0.39 is 16.1 Å². The Morgan fingerprint density at radius 1 is 1.00 bits per heavy atom. The number of carbonyl (C=O) groups is 1. The topological polar surface area (TPSA) is 70.2 Å². The summed E-state index contributed by atoms with van der Waals surface area (Å²) in [7, 11) is -1.99. The van der Waals surface area contributed by atoms with E-state index in [-0.39, 0.29) is 5.91 Å². The summed E-state index contributed by atoms with van der Waals surface area (Å²) < 4.78 is 31.7. The van der Waals surface area contributed by atoms with Crippen molar-refractivity contribution in [3.05, 3.63) is 53.6 Å². The first-order valence-corrected chi connectivity index (χ1v) is 12.2. The van der Waals surface area contributed by atoms with Crippen molar-refractivity contribution in [2.24, 2.45) is 0 Å². The number of benzene rings is 2. The van der Waals surface area contributed by atoms with E-state index in [9.17, 15) is 13.2 Å². The Hall–Kier alpha value is -2.74. The molecular formula is C23H31N3O4S. The van der Waals surface area contributed by atoms with E-state index in [1.54, 1.807) is 31.1 Å². The van der Waals surface area contributed by atoms with Crippen LogP contribution in [0.3, 0.4) is 0 Å². The number of rotatable bonds is 6. The molecule has 1 heterocycles. The van der Waals surface area contributed by atoms with Crippen LogP contribution in [-0.4, -0.2) is 64.8 Å². The summed E-state index contributed by atoms with van der Waals surface area (Å²) in [6.07, 6.45) is 1.15. The summed E-state index contributed by atoms with van der Waals surface area (Å²) in [4.78, 5) is 17.2. The molecule has 0 spiro atoms. The van der Waals surface area contributed by atoms with Gasteiger partial charge in [-0.3, -0.25) is 9.10 Å². The predicted molar refractivity (Wildman–Crippen MR) is 124 cm³/mol. The molecule has 0 aliphatic carbocycles. The van der Waals surface area contributed by atoms with Gasteiger partial charge in [-0.25, -0.2) is 8.42 Å². The summed E-state index contributed by atoms with van der Waals surface area (Å²) in [5, 5.41) is 0. The maximum Gasteiger partial charge on any atom is 0.246 e. The molecule has 31 heavy (non-hydrogen) atoms. The lowest BCUT2D eigenvalue weighted by atomic mass is 10.1. The number of ether oxygens (including phenoxy) is 1. The molecule has 3 rings (SSSR count). The van der Waals surface area contributed by atoms with Crippen molar-refractivity contribution in [2.75, 3.05) is 48.7 Å². The molecule has 0 bridgehead atoms. The third-order valence-electron chi connectivity index (χ3n) is 5.56. The highest BCUT2D eigenvalue weighted by Crippen LogP contribution is 2.25. The molecule has 2 aromatic rings. The fourth-order valence-corrected chi connectivity index (χ4v) is 5.28. The van der Waals surface area contributed by atoms with Gasteiger partial charge in [0.05, 0.1) is 19.1 Å². The highest BCUT2D eigenvalue weighted by Gasteiger charge is 2.33. The molecule has 7 nitrogen and oxygen atoms in total. The van der Waals surface area contributed by atoms with Gasteiger partial charge in [0.1, 0.15) is 11.8 Å². The SMILES string of the molecule is COc1ccc(N2CCN(C(=O)C(C)N(c3cc(C)cc(C)c3)S(C)(=O)=O)CC2)cc1. The third kappa shape index (κ3) is 5.31. The maximum absolute atomic E-state index is 13.2. The second-order valence-electron chi connectivity index (χ2n) is 8.09. The Balaban J connectivity index is 1.73. The minimum atomic E-state index is -3.63. The fraction of sp³-hybridized carbons (Fsp3) is 0.435. The molecule has 1 unspecified atom stereocenters. The molecule has 1 amide bonds. The van der Waals surface area contributed by atoms with Crippen LogP contribution in [0.15, 0.2) is 42.5 Å². The van der Waals surface area contributed by atoms with Crippen molar-refractivity contribution >= 4 is 27.3 Å². The van der Waals surface area contributed by atoms with Gasteiger partial charge in [0.2, 0.25) is 15.9 Å². The lowest BCUT2D eigenvalue weighted by Gasteiger charge is -2.39. The standard InChI is InChI=1S/C23H31N3O4S/c1-17-14-18(2)16-21(15-17)26(31(5,28)29)19(3)23(27)25-12-10-24(11-13-25)20-6-8-22(30-4)9-7-20/h6-9,14-16,19H,10-13H2,1-5H3. The van der Waals surface area contributed by atoms with E-state index in [2.05, 4.69) is 4.90 Å². The molecule has 0 aromatic heterocycles. The summed E-state index contributed by atoms with van der Waals surface area (Å²) in [5.74, 6) is 0.623. The number of carbonyl (C=O) groups excluding carboxylic acids is 1. The first kappa shape index (κ1) is 22.9. The molecule has 1 aliphatic rings. The highest BCUT2D eigenvalue weighted by atomic mass is 32.2. The highest BCUT2D eigenvalue weighted by molar-refractivity contribution is 7.92. The molecule has 0 N–H and O–H groups in total. The van der Waals surface area contributed by atoms with Crippen molar-refractivity contribution in [1.82, 2.24) is 4.90 Å². The Morgan fingerprint density at radius 2 is 1.55 bits per heavy atom. The van der Waals surface area contributed by atoms with Crippen molar-refractivity contribution in [3.63, 3.8) is 0 Å². The molecule has 1 aliphatic heterocycles. The lowest BCUT2D eigenvalue weighted by molar-refractivity contribution is -0.132. The van der Waals surface area contributed by atoms with Crippen LogP contribution in [-0.2, 0) is 14.8 Å². The summed E-state index contributed by atoms with van der Waals surface area (Å²) in [6.45, 7) is 7.96. The first-order chi connectivity index (χ1) is 14.6. The van der Waals surface area contributed by atoms with Crippen LogP contribution in [0.4, 0.5) is 11.4 Å². The molecule has 1 atom stereocenters. The Bertz CT molecular complexity index is 1010. The number of methoxy groups -OCH3 is 1. The van der Waals surface area contributed by atoms with Crippen LogP contribution < -0.4 is 13.9 Å². The average Bonchev–Trinajstić information content (AvgIpc) is 2.72. The predicted octanol–water partition coefficient (Wildman–Crippen LogP) is 2.82. The zero-order valence-electron chi connectivity index (χ0n) is 18.8. The number of anilines is 2. The number of aryl methyl sites for hydroxylation is 2. The molecule has 1 fully saturated rings. The van der Waals surface area contributed by atoms with Crippen LogP contribution in [0.5, 0.6) is 5.75 Å². The number of hydrogen-bond donors (Lipinski definition) is 0. The lowest BCUT2D eigenvalue weighted by Crippen LogP contribution is -2.55. The molecule has 8 heteroatoms. The number of sulfonamides is 1.